The quantitative estimate of drug-likeness (QED) is 0.0898. The predicted molar refractivity (Wildman–Crippen MR) is 381 cm³/mol. The van der Waals surface area contributed by atoms with Crippen molar-refractivity contribution in [2.75, 3.05) is 0 Å². The third kappa shape index (κ3) is 15.0. The van der Waals surface area contributed by atoms with Crippen molar-refractivity contribution in [1.29, 1.82) is 0 Å². The fraction of sp³-hybridized carbons (Fsp3) is 0.0556. The Hall–Kier alpha value is -9.26. The zero-order chi connectivity index (χ0) is 63.7. The number of aromatic nitrogens is 10. The molecule has 15 aromatic rings. The summed E-state index contributed by atoms with van der Waals surface area (Å²) < 4.78 is 15.3. The van der Waals surface area contributed by atoms with Gasteiger partial charge in [-0.15, -0.1) is 0 Å². The van der Waals surface area contributed by atoms with Gasteiger partial charge in [0.05, 0.1) is 67.8 Å². The first-order valence-electron chi connectivity index (χ1n) is 28.2. The van der Waals surface area contributed by atoms with Crippen LogP contribution < -0.4 is 0 Å². The van der Waals surface area contributed by atoms with Gasteiger partial charge in [0.25, 0.3) is 0 Å². The zero-order valence-electron chi connectivity index (χ0n) is 48.8. The van der Waals surface area contributed by atoms with E-state index >= 15 is 0 Å². The Bertz CT molecular complexity index is 5190. The number of aliphatic hydroxyl groups is 1. The van der Waals surface area contributed by atoms with Crippen LogP contribution in [0.15, 0.2) is 266 Å². The van der Waals surface area contributed by atoms with E-state index < -0.39 is 6.10 Å². The summed E-state index contributed by atoms with van der Waals surface area (Å²) in [7, 11) is 0. The zero-order valence-corrected chi connectivity index (χ0v) is 56.8. The maximum absolute atomic E-state index is 11.4. The second kappa shape index (κ2) is 28.7. The molecular formula is C72H52Br5N11O3. The summed E-state index contributed by atoms with van der Waals surface area (Å²) in [5.74, 6) is 0.0545. The molecule has 5 aromatic heterocycles. The number of nitrogens with zero attached hydrogens (tertiary/aromatic N) is 11. The molecule has 448 valence electrons. The van der Waals surface area contributed by atoms with Crippen LogP contribution in [0.5, 0.6) is 0 Å². The van der Waals surface area contributed by atoms with Gasteiger partial charge in [0, 0.05) is 61.9 Å². The molecule has 0 aliphatic carbocycles. The number of Topliss-reactive ketones (excluding diaryl/α,β-unsaturated/α-hetero) is 1. The smallest absolute Gasteiger partial charge is 0.189 e. The van der Waals surface area contributed by atoms with Gasteiger partial charge in [0.2, 0.25) is 0 Å². The van der Waals surface area contributed by atoms with Crippen molar-refractivity contribution in [2.24, 2.45) is 0 Å². The second-order valence-corrected chi connectivity index (χ2v) is 25.4. The van der Waals surface area contributed by atoms with Crippen molar-refractivity contribution >= 4 is 153 Å². The maximum atomic E-state index is 11.4. The highest BCUT2D eigenvalue weighted by Crippen LogP contribution is 2.29. The van der Waals surface area contributed by atoms with Crippen LogP contribution in [0.1, 0.15) is 51.8 Å². The van der Waals surface area contributed by atoms with Crippen LogP contribution in [0, 0.1) is 13.5 Å². The minimum atomic E-state index is -0.472. The van der Waals surface area contributed by atoms with E-state index in [0.717, 1.165) is 118 Å². The number of halogens is 5. The van der Waals surface area contributed by atoms with Crippen molar-refractivity contribution in [3.8, 4) is 28.4 Å². The number of imidazole rings is 5. The lowest BCUT2D eigenvalue weighted by Gasteiger charge is -2.07. The normalized spacial score (nSPS) is 11.2. The Balaban J connectivity index is 0.000000117. The molecule has 91 heavy (non-hydrogen) atoms. The summed E-state index contributed by atoms with van der Waals surface area (Å²) in [5, 5.41) is 9.60. The molecule has 5 heterocycles. The lowest BCUT2D eigenvalue weighted by atomic mass is 10.1. The first kappa shape index (κ1) is 63.3. The van der Waals surface area contributed by atoms with Gasteiger partial charge in [0.1, 0.15) is 37.9 Å². The van der Waals surface area contributed by atoms with Gasteiger partial charge in [-0.05, 0) is 196 Å². The number of aryl methyl sites for hydroxylation is 1. The standard InChI is InChI=1S/C15H13BrN2O.C15H11BrN2O.C14H8BrN3.C14H9BrN2O.C14H11BrN2/c2*1-10(19)11-5-6-15-14(7-11)17-9-18(15)13-4-2-3-12(16)8-13;1-16-11-5-6-14-13(8-11)17-9-18(14)12-4-2-3-10(15)7-12;15-11-2-1-3-12(7-11)17-9-16-13-6-10(8-18)4-5-14(13)17;1-10-5-6-14-13(7-10)16-9-17(14)12-4-2-3-11(15)8-12/h2-10,19H,1H3;2-9H,1H3;2-9H;1-9H;2-9H,1H3. The van der Waals surface area contributed by atoms with E-state index in [1.54, 1.807) is 57.4 Å². The van der Waals surface area contributed by atoms with E-state index in [4.69, 9.17) is 6.57 Å². The monoisotopic (exact) mass is 1510 g/mol. The molecule has 19 heteroatoms. The third-order valence-corrected chi connectivity index (χ3v) is 17.0. The summed E-state index contributed by atoms with van der Waals surface area (Å²) in [6.45, 7) is 12.4. The number of ketones is 1. The van der Waals surface area contributed by atoms with Crippen LogP contribution in [0.25, 0.3) is 88.4 Å². The number of carbonyl (C=O) groups is 2. The highest BCUT2D eigenvalue weighted by Gasteiger charge is 2.12. The van der Waals surface area contributed by atoms with E-state index in [2.05, 4.69) is 151 Å². The molecule has 0 spiro atoms. The summed E-state index contributed by atoms with van der Waals surface area (Å²) in [4.78, 5) is 47.4. The third-order valence-electron chi connectivity index (χ3n) is 14.5. The first-order chi connectivity index (χ1) is 44.1. The number of aldehydes is 1. The molecule has 0 aliphatic heterocycles. The topological polar surface area (TPSA) is 148 Å². The number of hydrogen-bond acceptors (Lipinski definition) is 8. The van der Waals surface area contributed by atoms with E-state index in [1.165, 1.54) is 5.56 Å². The van der Waals surface area contributed by atoms with Crippen molar-refractivity contribution < 1.29 is 14.7 Å². The van der Waals surface area contributed by atoms with Crippen LogP contribution in [0.2, 0.25) is 0 Å². The van der Waals surface area contributed by atoms with Crippen molar-refractivity contribution in [3.63, 3.8) is 0 Å². The van der Waals surface area contributed by atoms with Crippen LogP contribution >= 0.6 is 79.6 Å². The van der Waals surface area contributed by atoms with Crippen molar-refractivity contribution in [1.82, 2.24) is 47.8 Å². The van der Waals surface area contributed by atoms with E-state index in [9.17, 15) is 14.7 Å². The van der Waals surface area contributed by atoms with Gasteiger partial charge in [0.15, 0.2) is 11.5 Å². The summed E-state index contributed by atoms with van der Waals surface area (Å²) in [6.07, 6.45) is 9.35. The van der Waals surface area contributed by atoms with Gasteiger partial charge in [-0.3, -0.25) is 32.4 Å². The number of benzene rings is 10. The predicted octanol–water partition coefficient (Wildman–Crippen LogP) is 19.9. The number of fused-ring (bicyclic) bond motifs is 5. The van der Waals surface area contributed by atoms with E-state index in [1.807, 2.05) is 188 Å². The van der Waals surface area contributed by atoms with Crippen LogP contribution in [0.3, 0.4) is 0 Å². The lowest BCUT2D eigenvalue weighted by Crippen LogP contribution is -1.93. The molecule has 0 saturated heterocycles. The molecular weight excluding hydrogens is 1470 g/mol. The molecule has 15 rings (SSSR count). The minimum Gasteiger partial charge on any atom is -0.389 e. The van der Waals surface area contributed by atoms with E-state index in [0.29, 0.717) is 16.8 Å². The minimum absolute atomic E-state index is 0.0545. The molecule has 0 saturated carbocycles. The number of aliphatic hydroxyl groups excluding tert-OH is 1. The largest absolute Gasteiger partial charge is 0.389 e. The molecule has 0 amide bonds. The Labute approximate surface area is 565 Å². The summed E-state index contributed by atoms with van der Waals surface area (Å²) >= 11 is 17.3. The summed E-state index contributed by atoms with van der Waals surface area (Å²) in [5.41, 5.74) is 18.9. The van der Waals surface area contributed by atoms with Gasteiger partial charge < -0.3 is 5.11 Å². The molecule has 0 aliphatic rings. The molecule has 0 radical (unpaired) electrons. The first-order valence-corrected chi connectivity index (χ1v) is 32.2. The average molecular weight is 1520 g/mol. The van der Waals surface area contributed by atoms with Crippen molar-refractivity contribution in [2.45, 2.75) is 26.9 Å². The molecule has 1 atom stereocenters. The van der Waals surface area contributed by atoms with Crippen molar-refractivity contribution in [3.05, 3.63) is 300 Å². The average Bonchev–Trinajstić information content (AvgIpc) is 2.29. The number of hydrogen-bond donors (Lipinski definition) is 1. The van der Waals surface area contributed by atoms with Crippen LogP contribution in [0.4, 0.5) is 5.69 Å². The Morgan fingerprint density at radius 2 is 0.780 bits per heavy atom. The molecule has 14 nitrogen and oxygen atoms in total. The Morgan fingerprint density at radius 3 is 1.15 bits per heavy atom. The number of rotatable bonds is 8. The van der Waals surface area contributed by atoms with Gasteiger partial charge in [-0.1, -0.05) is 128 Å². The van der Waals surface area contributed by atoms with Gasteiger partial charge >= 0.3 is 0 Å². The Morgan fingerprint density at radius 1 is 0.440 bits per heavy atom. The Kier molecular flexibility index (Phi) is 20.0. The number of carbonyl (C=O) groups excluding carboxylic acids is 2. The van der Waals surface area contributed by atoms with Gasteiger partial charge in [-0.2, -0.15) is 0 Å². The molecule has 1 N–H and O–H groups in total. The second-order valence-electron chi connectivity index (χ2n) is 20.8. The van der Waals surface area contributed by atoms with Crippen LogP contribution in [-0.4, -0.2) is 64.9 Å². The van der Waals surface area contributed by atoms with E-state index in [-0.39, 0.29) is 5.78 Å². The molecule has 0 bridgehead atoms. The highest BCUT2D eigenvalue weighted by molar-refractivity contribution is 9.11. The maximum Gasteiger partial charge on any atom is 0.189 e. The fourth-order valence-corrected chi connectivity index (χ4v) is 11.9. The molecule has 10 aromatic carbocycles. The fourth-order valence-electron chi connectivity index (χ4n) is 9.98. The highest BCUT2D eigenvalue weighted by atomic mass is 79.9. The lowest BCUT2D eigenvalue weighted by molar-refractivity contribution is 0.101. The van der Waals surface area contributed by atoms with Crippen LogP contribution in [-0.2, 0) is 0 Å². The molecule has 0 fully saturated rings. The van der Waals surface area contributed by atoms with Gasteiger partial charge in [-0.25, -0.2) is 29.8 Å². The molecule has 1 unspecified atom stereocenters. The summed E-state index contributed by atoms with van der Waals surface area (Å²) in [6, 6.07) is 69.1. The SMILES string of the molecule is CC(=O)c1ccc2c(c1)ncn2-c1cccc(Br)c1.CC(O)c1ccc2c(c1)ncn2-c1cccc(Br)c1.Cc1ccc2c(c1)ncn2-c1cccc(Br)c1.O=Cc1ccc2c(c1)ncn2-c1cccc(Br)c1.[C-]#[N+]c1ccc2c(c1)ncn2-c1cccc(Br)c1.